The summed E-state index contributed by atoms with van der Waals surface area (Å²) in [4.78, 5) is 7.77. The minimum atomic E-state index is -0.144. The molecule has 1 N–H and O–H groups in total. The van der Waals surface area contributed by atoms with Crippen LogP contribution in [0.15, 0.2) is 36.4 Å². The van der Waals surface area contributed by atoms with Gasteiger partial charge in [0.15, 0.2) is 0 Å². The number of aryl methyl sites for hydroxylation is 2. The van der Waals surface area contributed by atoms with Crippen molar-refractivity contribution in [1.29, 1.82) is 0 Å². The molecule has 0 aliphatic carbocycles. The summed E-state index contributed by atoms with van der Waals surface area (Å²) in [7, 11) is 0. The Morgan fingerprint density at radius 3 is 2.39 bits per heavy atom. The maximum Gasteiger partial charge on any atom is 0.138 e. The van der Waals surface area contributed by atoms with E-state index in [-0.39, 0.29) is 5.82 Å². The monoisotopic (exact) mass is 240 g/mol. The van der Waals surface area contributed by atoms with Crippen molar-refractivity contribution in [3.05, 3.63) is 53.3 Å². The van der Waals surface area contributed by atoms with E-state index >= 15 is 0 Å². The van der Waals surface area contributed by atoms with Crippen LogP contribution in [0.1, 0.15) is 11.1 Å². The molecule has 0 radical (unpaired) electrons. The van der Waals surface area contributed by atoms with Crippen molar-refractivity contribution < 1.29 is 4.39 Å². The number of H-pyrrole nitrogens is 1. The van der Waals surface area contributed by atoms with Crippen LogP contribution in [-0.4, -0.2) is 9.97 Å². The van der Waals surface area contributed by atoms with Gasteiger partial charge < -0.3 is 4.98 Å². The number of hydrogen-bond acceptors (Lipinski definition) is 1. The van der Waals surface area contributed by atoms with E-state index in [2.05, 4.69) is 9.97 Å². The first-order valence-corrected chi connectivity index (χ1v) is 5.87. The van der Waals surface area contributed by atoms with Gasteiger partial charge in [-0.2, -0.15) is 0 Å². The Morgan fingerprint density at radius 2 is 1.72 bits per heavy atom. The summed E-state index contributed by atoms with van der Waals surface area (Å²) in [5, 5.41) is 0. The highest BCUT2D eigenvalue weighted by Gasteiger charge is 2.09. The Labute approximate surface area is 104 Å². The highest BCUT2D eigenvalue weighted by Crippen LogP contribution is 2.24. The second-order valence-electron chi connectivity index (χ2n) is 4.53. The second-order valence-corrected chi connectivity index (χ2v) is 4.53. The first-order valence-electron chi connectivity index (χ1n) is 5.87. The van der Waals surface area contributed by atoms with E-state index in [0.29, 0.717) is 11.1 Å². The first-order chi connectivity index (χ1) is 8.65. The molecular formula is C15H13FN2. The third kappa shape index (κ3) is 1.68. The van der Waals surface area contributed by atoms with Crippen molar-refractivity contribution in [2.75, 3.05) is 0 Å². The molecule has 0 unspecified atom stereocenters. The fraction of sp³-hybridized carbons (Fsp3) is 0.133. The summed E-state index contributed by atoms with van der Waals surface area (Å²) in [6.07, 6.45) is 0. The number of aromatic nitrogens is 2. The summed E-state index contributed by atoms with van der Waals surface area (Å²) in [6.45, 7) is 3.54. The fourth-order valence-electron chi connectivity index (χ4n) is 2.17. The van der Waals surface area contributed by atoms with Crippen LogP contribution in [-0.2, 0) is 0 Å². The van der Waals surface area contributed by atoms with Gasteiger partial charge in [-0.3, -0.25) is 0 Å². The number of para-hydroxylation sites is 2. The maximum atomic E-state index is 13.6. The lowest BCUT2D eigenvalue weighted by molar-refractivity contribution is 0.609. The van der Waals surface area contributed by atoms with E-state index in [1.807, 2.05) is 36.4 Å². The van der Waals surface area contributed by atoms with Crippen LogP contribution in [0.2, 0.25) is 0 Å². The normalized spacial score (nSPS) is 11.1. The lowest BCUT2D eigenvalue weighted by Crippen LogP contribution is -1.90. The van der Waals surface area contributed by atoms with Gasteiger partial charge in [0.2, 0.25) is 0 Å². The predicted molar refractivity (Wildman–Crippen MR) is 71.0 cm³/mol. The van der Waals surface area contributed by atoms with E-state index in [0.717, 1.165) is 22.4 Å². The number of fused-ring (bicyclic) bond motifs is 1. The van der Waals surface area contributed by atoms with Gasteiger partial charge >= 0.3 is 0 Å². The molecule has 3 heteroatoms. The molecule has 2 nitrogen and oxygen atoms in total. The molecular weight excluding hydrogens is 227 g/mol. The maximum absolute atomic E-state index is 13.6. The smallest absolute Gasteiger partial charge is 0.138 e. The predicted octanol–water partition coefficient (Wildman–Crippen LogP) is 3.99. The molecule has 0 bridgehead atoms. The largest absolute Gasteiger partial charge is 0.338 e. The Balaban J connectivity index is 2.20. The number of hydrogen-bond donors (Lipinski definition) is 1. The molecule has 3 aromatic rings. The average Bonchev–Trinajstić information content (AvgIpc) is 2.79. The Hall–Kier alpha value is -2.16. The summed E-state index contributed by atoms with van der Waals surface area (Å²) in [6, 6.07) is 11.5. The fourth-order valence-corrected chi connectivity index (χ4v) is 2.17. The standard InChI is InChI=1S/C15H13FN2/c1-9-7-11(8-10(2)14(9)16)15-17-12-5-3-4-6-13(12)18-15/h3-8H,1-2H3,(H,17,18). The molecule has 18 heavy (non-hydrogen) atoms. The van der Waals surface area contributed by atoms with Crippen LogP contribution in [0.5, 0.6) is 0 Å². The molecule has 0 saturated carbocycles. The third-order valence-electron chi connectivity index (χ3n) is 3.10. The summed E-state index contributed by atoms with van der Waals surface area (Å²) < 4.78 is 13.6. The Morgan fingerprint density at radius 1 is 1.06 bits per heavy atom. The van der Waals surface area contributed by atoms with Crippen molar-refractivity contribution in [2.45, 2.75) is 13.8 Å². The lowest BCUT2D eigenvalue weighted by Gasteiger charge is -2.04. The zero-order valence-electron chi connectivity index (χ0n) is 10.3. The Bertz CT molecular complexity index is 672. The van der Waals surface area contributed by atoms with Gasteiger partial charge in [0.05, 0.1) is 11.0 Å². The molecule has 0 atom stereocenters. The molecule has 0 fully saturated rings. The molecule has 0 aliphatic heterocycles. The van der Waals surface area contributed by atoms with Crippen molar-refractivity contribution in [1.82, 2.24) is 9.97 Å². The van der Waals surface area contributed by atoms with E-state index in [9.17, 15) is 4.39 Å². The van der Waals surface area contributed by atoms with Gasteiger partial charge in [0.1, 0.15) is 11.6 Å². The van der Waals surface area contributed by atoms with Crippen LogP contribution in [0.25, 0.3) is 22.4 Å². The zero-order valence-corrected chi connectivity index (χ0v) is 10.3. The summed E-state index contributed by atoms with van der Waals surface area (Å²) >= 11 is 0. The number of nitrogens with zero attached hydrogens (tertiary/aromatic N) is 1. The van der Waals surface area contributed by atoms with Gasteiger partial charge in [-0.05, 0) is 49.2 Å². The zero-order chi connectivity index (χ0) is 12.7. The van der Waals surface area contributed by atoms with E-state index in [1.54, 1.807) is 13.8 Å². The molecule has 90 valence electrons. The average molecular weight is 240 g/mol. The Kier molecular flexibility index (Phi) is 2.40. The van der Waals surface area contributed by atoms with Gasteiger partial charge in [-0.1, -0.05) is 12.1 Å². The second kappa shape index (κ2) is 3.95. The number of nitrogens with one attached hydrogen (secondary N) is 1. The number of imidazole rings is 1. The highest BCUT2D eigenvalue weighted by molar-refractivity contribution is 5.79. The molecule has 0 saturated heterocycles. The molecule has 0 spiro atoms. The first kappa shape index (κ1) is 11.0. The number of halogens is 1. The number of rotatable bonds is 1. The molecule has 0 aliphatic rings. The molecule has 1 heterocycles. The third-order valence-corrected chi connectivity index (χ3v) is 3.10. The van der Waals surface area contributed by atoms with Gasteiger partial charge in [0.25, 0.3) is 0 Å². The van der Waals surface area contributed by atoms with Crippen molar-refractivity contribution in [3.8, 4) is 11.4 Å². The van der Waals surface area contributed by atoms with Crippen LogP contribution >= 0.6 is 0 Å². The molecule has 1 aromatic heterocycles. The molecule has 2 aromatic carbocycles. The van der Waals surface area contributed by atoms with Crippen molar-refractivity contribution in [3.63, 3.8) is 0 Å². The van der Waals surface area contributed by atoms with Crippen LogP contribution in [0.3, 0.4) is 0 Å². The lowest BCUT2D eigenvalue weighted by atomic mass is 10.1. The van der Waals surface area contributed by atoms with Crippen LogP contribution < -0.4 is 0 Å². The molecule has 0 amide bonds. The quantitative estimate of drug-likeness (QED) is 0.684. The van der Waals surface area contributed by atoms with Crippen molar-refractivity contribution in [2.24, 2.45) is 0 Å². The number of benzene rings is 2. The SMILES string of the molecule is Cc1cc(-c2nc3ccccc3[nH]2)cc(C)c1F. The minimum Gasteiger partial charge on any atom is -0.338 e. The minimum absolute atomic E-state index is 0.144. The van der Waals surface area contributed by atoms with Gasteiger partial charge in [0, 0.05) is 5.56 Å². The highest BCUT2D eigenvalue weighted by atomic mass is 19.1. The van der Waals surface area contributed by atoms with Crippen molar-refractivity contribution >= 4 is 11.0 Å². The van der Waals surface area contributed by atoms with Crippen LogP contribution in [0, 0.1) is 19.7 Å². The van der Waals surface area contributed by atoms with Crippen LogP contribution in [0.4, 0.5) is 4.39 Å². The molecule has 3 rings (SSSR count). The van der Waals surface area contributed by atoms with Gasteiger partial charge in [-0.15, -0.1) is 0 Å². The summed E-state index contributed by atoms with van der Waals surface area (Å²) in [5.74, 6) is 0.636. The van der Waals surface area contributed by atoms with E-state index in [1.165, 1.54) is 0 Å². The summed E-state index contributed by atoms with van der Waals surface area (Å²) in [5.41, 5.74) is 4.12. The van der Waals surface area contributed by atoms with Gasteiger partial charge in [-0.25, -0.2) is 9.37 Å². The van der Waals surface area contributed by atoms with E-state index in [4.69, 9.17) is 0 Å². The van der Waals surface area contributed by atoms with E-state index < -0.39 is 0 Å². The topological polar surface area (TPSA) is 28.7 Å². The number of aromatic amines is 1.